The van der Waals surface area contributed by atoms with Crippen LogP contribution < -0.4 is 4.74 Å². The first-order chi connectivity index (χ1) is 13.1. The van der Waals surface area contributed by atoms with Gasteiger partial charge in [0.1, 0.15) is 11.3 Å². The molecule has 154 valence electrons. The van der Waals surface area contributed by atoms with Crippen LogP contribution in [0.15, 0.2) is 12.1 Å². The number of hydrogen-bond donors (Lipinski definition) is 0. The molecule has 0 fully saturated rings. The average molecular weight is 488 g/mol. The first kappa shape index (κ1) is 24.3. The number of carbonyl (C=O) groups excluding carboxylic acids is 1. The summed E-state index contributed by atoms with van der Waals surface area (Å²) in [7, 11) is 0. The molecule has 0 spiro atoms. The number of benzene rings is 1. The normalized spacial score (nSPS) is 12.0. The third-order valence-corrected chi connectivity index (χ3v) is 5.77. The van der Waals surface area contributed by atoms with Crippen molar-refractivity contribution >= 4 is 28.6 Å². The fourth-order valence-corrected chi connectivity index (χ4v) is 3.78. The Hall–Kier alpha value is -0.780. The van der Waals surface area contributed by atoms with E-state index < -0.39 is 0 Å². The molecule has 4 heteroatoms. The van der Waals surface area contributed by atoms with Crippen molar-refractivity contribution in [2.45, 2.75) is 89.4 Å². The molecule has 0 amide bonds. The van der Waals surface area contributed by atoms with Gasteiger partial charge in [-0.3, -0.25) is 0 Å². The van der Waals surface area contributed by atoms with E-state index in [2.05, 4.69) is 49.4 Å². The monoisotopic (exact) mass is 488 g/mol. The predicted molar refractivity (Wildman–Crippen MR) is 122 cm³/mol. The number of halogens is 1. The third kappa shape index (κ3) is 8.84. The van der Waals surface area contributed by atoms with Gasteiger partial charge in [0.2, 0.25) is 0 Å². The van der Waals surface area contributed by atoms with Crippen LogP contribution in [0.3, 0.4) is 0 Å². The Morgan fingerprint density at radius 1 is 1.00 bits per heavy atom. The van der Waals surface area contributed by atoms with Gasteiger partial charge in [0.15, 0.2) is 0 Å². The van der Waals surface area contributed by atoms with Crippen LogP contribution in [0.2, 0.25) is 0 Å². The number of hydrogen-bond acceptors (Lipinski definition) is 3. The molecule has 1 rings (SSSR count). The SMILES string of the molecule is CCCCCCCCC(I)COc1c(CC)cc(CC)cc1C(=O)OCC. The van der Waals surface area contributed by atoms with E-state index in [9.17, 15) is 4.79 Å². The van der Waals surface area contributed by atoms with Gasteiger partial charge in [-0.25, -0.2) is 4.79 Å². The maximum Gasteiger partial charge on any atom is 0.341 e. The second-order valence-electron chi connectivity index (χ2n) is 7.02. The van der Waals surface area contributed by atoms with Crippen LogP contribution in [0, 0.1) is 0 Å². The number of carbonyl (C=O) groups is 1. The quantitative estimate of drug-likeness (QED) is 0.123. The second kappa shape index (κ2) is 14.3. The van der Waals surface area contributed by atoms with Crippen molar-refractivity contribution in [2.24, 2.45) is 0 Å². The molecular formula is C23H37IO3. The van der Waals surface area contributed by atoms with Crippen molar-refractivity contribution in [3.8, 4) is 5.75 Å². The fourth-order valence-electron chi connectivity index (χ4n) is 3.16. The lowest BCUT2D eigenvalue weighted by Gasteiger charge is -2.18. The average Bonchev–Trinajstić information content (AvgIpc) is 2.68. The standard InChI is InChI=1S/C23H37IO3/c1-5-9-10-11-12-13-14-20(24)17-27-22-19(7-3)15-18(6-2)16-21(22)23(25)26-8-4/h15-16,20H,5-14,17H2,1-4H3. The summed E-state index contributed by atoms with van der Waals surface area (Å²) in [5, 5.41) is 0. The summed E-state index contributed by atoms with van der Waals surface area (Å²) < 4.78 is 11.9. The molecule has 0 saturated carbocycles. The summed E-state index contributed by atoms with van der Waals surface area (Å²) in [4.78, 5) is 12.4. The zero-order valence-corrected chi connectivity index (χ0v) is 19.8. The molecule has 1 unspecified atom stereocenters. The zero-order valence-electron chi connectivity index (χ0n) is 17.6. The minimum atomic E-state index is -0.279. The topological polar surface area (TPSA) is 35.5 Å². The van der Waals surface area contributed by atoms with Crippen molar-refractivity contribution in [1.29, 1.82) is 0 Å². The molecule has 0 heterocycles. The molecule has 0 saturated heterocycles. The fraction of sp³-hybridized carbons (Fsp3) is 0.696. The number of ether oxygens (including phenoxy) is 2. The molecule has 3 nitrogen and oxygen atoms in total. The largest absolute Gasteiger partial charge is 0.491 e. The summed E-state index contributed by atoms with van der Waals surface area (Å²) >= 11 is 2.48. The molecule has 1 aromatic rings. The van der Waals surface area contributed by atoms with E-state index in [1.165, 1.54) is 38.5 Å². The van der Waals surface area contributed by atoms with Gasteiger partial charge in [-0.05, 0) is 43.4 Å². The maximum absolute atomic E-state index is 12.4. The number of unbranched alkanes of at least 4 members (excludes halogenated alkanes) is 5. The lowest BCUT2D eigenvalue weighted by atomic mass is 10.0. The highest BCUT2D eigenvalue weighted by molar-refractivity contribution is 14.1. The van der Waals surface area contributed by atoms with Gasteiger partial charge in [-0.2, -0.15) is 0 Å². The molecule has 0 aliphatic carbocycles. The number of esters is 1. The zero-order chi connectivity index (χ0) is 20.1. The number of rotatable bonds is 14. The van der Waals surface area contributed by atoms with Crippen molar-refractivity contribution in [3.63, 3.8) is 0 Å². The molecule has 0 aliphatic rings. The molecule has 0 aliphatic heterocycles. The summed E-state index contributed by atoms with van der Waals surface area (Å²) in [6, 6.07) is 4.09. The molecule has 0 N–H and O–H groups in total. The molecule has 1 atom stereocenters. The first-order valence-corrected chi connectivity index (χ1v) is 11.9. The van der Waals surface area contributed by atoms with Crippen molar-refractivity contribution in [2.75, 3.05) is 13.2 Å². The summed E-state index contributed by atoms with van der Waals surface area (Å²) in [5.74, 6) is 0.441. The molecular weight excluding hydrogens is 451 g/mol. The highest BCUT2D eigenvalue weighted by atomic mass is 127. The predicted octanol–water partition coefficient (Wildman–Crippen LogP) is 6.92. The Kier molecular flexibility index (Phi) is 12.8. The summed E-state index contributed by atoms with van der Waals surface area (Å²) in [6.07, 6.45) is 10.8. The highest BCUT2D eigenvalue weighted by Crippen LogP contribution is 2.29. The van der Waals surface area contributed by atoms with Gasteiger partial charge in [0, 0.05) is 3.92 Å². The Balaban J connectivity index is 2.70. The first-order valence-electron chi connectivity index (χ1n) is 10.7. The minimum absolute atomic E-state index is 0.279. The van der Waals surface area contributed by atoms with E-state index in [1.54, 1.807) is 0 Å². The highest BCUT2D eigenvalue weighted by Gasteiger charge is 2.19. The van der Waals surface area contributed by atoms with Crippen LogP contribution in [0.1, 0.15) is 94.1 Å². The number of aryl methyl sites for hydroxylation is 2. The second-order valence-corrected chi connectivity index (χ2v) is 8.79. The van der Waals surface area contributed by atoms with Crippen LogP contribution in [0.25, 0.3) is 0 Å². The lowest BCUT2D eigenvalue weighted by Crippen LogP contribution is -2.16. The van der Waals surface area contributed by atoms with Crippen LogP contribution in [-0.4, -0.2) is 23.1 Å². The van der Waals surface area contributed by atoms with Gasteiger partial charge in [-0.15, -0.1) is 0 Å². The van der Waals surface area contributed by atoms with Gasteiger partial charge in [0.25, 0.3) is 0 Å². The van der Waals surface area contributed by atoms with E-state index in [-0.39, 0.29) is 5.97 Å². The van der Waals surface area contributed by atoms with Crippen LogP contribution in [0.5, 0.6) is 5.75 Å². The Morgan fingerprint density at radius 2 is 1.70 bits per heavy atom. The molecule has 0 aromatic heterocycles. The van der Waals surface area contributed by atoms with Crippen LogP contribution in [-0.2, 0) is 17.6 Å². The van der Waals surface area contributed by atoms with E-state index in [4.69, 9.17) is 9.47 Å². The third-order valence-electron chi connectivity index (χ3n) is 4.79. The molecule has 0 radical (unpaired) electrons. The van der Waals surface area contributed by atoms with Crippen LogP contribution in [0.4, 0.5) is 0 Å². The molecule has 27 heavy (non-hydrogen) atoms. The van der Waals surface area contributed by atoms with E-state index in [0.29, 0.717) is 22.7 Å². The van der Waals surface area contributed by atoms with Gasteiger partial charge in [0.05, 0.1) is 13.2 Å². The summed E-state index contributed by atoms with van der Waals surface area (Å²) in [6.45, 7) is 9.31. The molecule has 1 aromatic carbocycles. The molecule has 0 bridgehead atoms. The Morgan fingerprint density at radius 3 is 2.33 bits per heavy atom. The maximum atomic E-state index is 12.4. The van der Waals surface area contributed by atoms with Gasteiger partial charge >= 0.3 is 5.97 Å². The van der Waals surface area contributed by atoms with Crippen molar-refractivity contribution in [3.05, 3.63) is 28.8 Å². The van der Waals surface area contributed by atoms with E-state index in [0.717, 1.165) is 36.1 Å². The smallest absolute Gasteiger partial charge is 0.341 e. The summed E-state index contributed by atoms with van der Waals surface area (Å²) in [5.41, 5.74) is 2.83. The van der Waals surface area contributed by atoms with Crippen LogP contribution >= 0.6 is 22.6 Å². The Bertz CT molecular complexity index is 557. The Labute approximate surface area is 179 Å². The lowest BCUT2D eigenvalue weighted by molar-refractivity contribution is 0.0521. The number of alkyl halides is 1. The van der Waals surface area contributed by atoms with Gasteiger partial charge in [-0.1, -0.05) is 88.0 Å². The van der Waals surface area contributed by atoms with Gasteiger partial charge < -0.3 is 9.47 Å². The van der Waals surface area contributed by atoms with Crippen molar-refractivity contribution in [1.82, 2.24) is 0 Å². The van der Waals surface area contributed by atoms with Crippen molar-refractivity contribution < 1.29 is 14.3 Å². The van der Waals surface area contributed by atoms with E-state index >= 15 is 0 Å². The van der Waals surface area contributed by atoms with E-state index in [1.807, 2.05) is 13.0 Å². The minimum Gasteiger partial charge on any atom is -0.491 e.